The first-order valence-electron chi connectivity index (χ1n) is 6.19. The van der Waals surface area contributed by atoms with Crippen molar-refractivity contribution < 1.29 is 19.2 Å². The second kappa shape index (κ2) is 6.11. The van der Waals surface area contributed by atoms with Gasteiger partial charge in [0.2, 0.25) is 0 Å². The van der Waals surface area contributed by atoms with Crippen LogP contribution in [0.4, 0.5) is 4.79 Å². The number of quaternary nitrogens is 1. The molecule has 0 unspecified atom stereocenters. The van der Waals surface area contributed by atoms with E-state index in [-0.39, 0.29) is 11.1 Å². The minimum absolute atomic E-state index is 0.212. The maximum absolute atomic E-state index is 12.2. The van der Waals surface area contributed by atoms with Crippen molar-refractivity contribution in [3.8, 4) is 5.75 Å². The van der Waals surface area contributed by atoms with Crippen molar-refractivity contribution in [3.63, 3.8) is 0 Å². The monoisotopic (exact) mass is 293 g/mol. The van der Waals surface area contributed by atoms with Gasteiger partial charge in [0.25, 0.3) is 11.1 Å². The molecule has 0 aliphatic carbocycles. The Balaban J connectivity index is 2.18. The molecule has 1 aromatic rings. The summed E-state index contributed by atoms with van der Waals surface area (Å²) in [4.78, 5) is 26.7. The summed E-state index contributed by atoms with van der Waals surface area (Å²) in [6.45, 7) is 0.380. The Kier molecular flexibility index (Phi) is 4.46. The van der Waals surface area contributed by atoms with Crippen molar-refractivity contribution in [1.29, 1.82) is 0 Å². The Morgan fingerprint density at radius 3 is 2.45 bits per heavy atom. The van der Waals surface area contributed by atoms with E-state index in [0.717, 1.165) is 28.0 Å². The van der Waals surface area contributed by atoms with Crippen LogP contribution in [0.1, 0.15) is 5.56 Å². The molecule has 1 aliphatic heterocycles. The van der Waals surface area contributed by atoms with Crippen LogP contribution in [0.25, 0.3) is 6.08 Å². The quantitative estimate of drug-likeness (QED) is 0.836. The first-order valence-corrected chi connectivity index (χ1v) is 7.01. The van der Waals surface area contributed by atoms with E-state index in [9.17, 15) is 9.59 Å². The molecule has 2 amide bonds. The Morgan fingerprint density at radius 1 is 1.25 bits per heavy atom. The van der Waals surface area contributed by atoms with Gasteiger partial charge in [-0.2, -0.15) is 0 Å². The standard InChI is InChI=1S/C14H16N2O3S/c1-15(2)9-16-13(17)12(20-14(16)18)8-10-4-6-11(19-3)7-5-10/h4-8H,9H2,1-3H3/p+1/b12-8+. The first-order chi connectivity index (χ1) is 9.51. The van der Waals surface area contributed by atoms with Crippen molar-refractivity contribution in [3.05, 3.63) is 34.7 Å². The minimum Gasteiger partial charge on any atom is -0.497 e. The molecule has 1 heterocycles. The fourth-order valence-corrected chi connectivity index (χ4v) is 2.64. The normalized spacial score (nSPS) is 17.4. The molecule has 0 bridgehead atoms. The van der Waals surface area contributed by atoms with Crippen LogP contribution >= 0.6 is 11.8 Å². The highest BCUT2D eigenvalue weighted by atomic mass is 32.2. The Labute approximate surface area is 122 Å². The molecule has 106 valence electrons. The SMILES string of the molecule is COc1ccc(/C=C2/SC(=O)N(C[NH+](C)C)C2=O)cc1. The third-order valence-corrected chi connectivity index (χ3v) is 3.67. The number of hydrogen-bond acceptors (Lipinski definition) is 4. The molecular weight excluding hydrogens is 276 g/mol. The van der Waals surface area contributed by atoms with E-state index in [1.165, 1.54) is 4.90 Å². The zero-order chi connectivity index (χ0) is 14.7. The summed E-state index contributed by atoms with van der Waals surface area (Å²) in [5, 5.41) is -0.212. The topological polar surface area (TPSA) is 51.0 Å². The number of ether oxygens (including phenoxy) is 1. The molecule has 1 N–H and O–H groups in total. The van der Waals surface area contributed by atoms with E-state index in [1.807, 2.05) is 38.4 Å². The fraction of sp³-hybridized carbons (Fsp3) is 0.286. The molecular formula is C14H17N2O3S+. The molecule has 6 heteroatoms. The number of benzene rings is 1. The van der Waals surface area contributed by atoms with E-state index in [4.69, 9.17) is 4.74 Å². The minimum atomic E-state index is -0.225. The van der Waals surface area contributed by atoms with Crippen molar-refractivity contribution in [2.75, 3.05) is 27.9 Å². The van der Waals surface area contributed by atoms with E-state index >= 15 is 0 Å². The van der Waals surface area contributed by atoms with Gasteiger partial charge in [0.1, 0.15) is 5.75 Å². The summed E-state index contributed by atoms with van der Waals surface area (Å²) in [5.41, 5.74) is 0.869. The number of thioether (sulfide) groups is 1. The van der Waals surface area contributed by atoms with Crippen LogP contribution in [0.3, 0.4) is 0 Å². The fourth-order valence-electron chi connectivity index (χ4n) is 1.80. The number of nitrogens with one attached hydrogen (secondary N) is 1. The van der Waals surface area contributed by atoms with Crippen molar-refractivity contribution in [2.45, 2.75) is 0 Å². The average Bonchev–Trinajstić information content (AvgIpc) is 2.67. The maximum atomic E-state index is 12.2. The zero-order valence-electron chi connectivity index (χ0n) is 11.7. The molecule has 2 rings (SSSR count). The van der Waals surface area contributed by atoms with Crippen molar-refractivity contribution >= 4 is 29.0 Å². The second-order valence-electron chi connectivity index (χ2n) is 4.75. The van der Waals surface area contributed by atoms with E-state index in [0.29, 0.717) is 11.6 Å². The molecule has 1 fully saturated rings. The number of amides is 2. The number of methoxy groups -OCH3 is 1. The van der Waals surface area contributed by atoms with Crippen LogP contribution in [0, 0.1) is 0 Å². The van der Waals surface area contributed by atoms with Crippen LogP contribution < -0.4 is 9.64 Å². The average molecular weight is 293 g/mol. The number of hydrogen-bond donors (Lipinski definition) is 1. The lowest BCUT2D eigenvalue weighted by Crippen LogP contribution is -3.07. The van der Waals surface area contributed by atoms with Gasteiger partial charge in [0.15, 0.2) is 6.67 Å². The highest BCUT2D eigenvalue weighted by Gasteiger charge is 2.36. The molecule has 5 nitrogen and oxygen atoms in total. The summed E-state index contributed by atoms with van der Waals surface area (Å²) < 4.78 is 5.08. The predicted molar refractivity (Wildman–Crippen MR) is 78.5 cm³/mol. The largest absolute Gasteiger partial charge is 0.497 e. The number of carbonyl (C=O) groups is 2. The molecule has 20 heavy (non-hydrogen) atoms. The molecule has 0 radical (unpaired) electrons. The summed E-state index contributed by atoms with van der Waals surface area (Å²) in [5.74, 6) is 0.531. The number of rotatable bonds is 4. The summed E-state index contributed by atoms with van der Waals surface area (Å²) in [6.07, 6.45) is 1.73. The van der Waals surface area contributed by atoms with E-state index in [1.54, 1.807) is 13.2 Å². The van der Waals surface area contributed by atoms with Crippen LogP contribution in [-0.4, -0.2) is 43.9 Å². The van der Waals surface area contributed by atoms with Crippen LogP contribution in [-0.2, 0) is 4.79 Å². The van der Waals surface area contributed by atoms with Crippen LogP contribution in [0.2, 0.25) is 0 Å². The van der Waals surface area contributed by atoms with Gasteiger partial charge >= 0.3 is 0 Å². The van der Waals surface area contributed by atoms with Crippen molar-refractivity contribution in [1.82, 2.24) is 4.90 Å². The molecule has 0 spiro atoms. The molecule has 0 atom stereocenters. The number of carbonyl (C=O) groups excluding carboxylic acids is 2. The smallest absolute Gasteiger partial charge is 0.298 e. The third kappa shape index (κ3) is 3.20. The molecule has 1 aromatic carbocycles. The molecule has 0 aromatic heterocycles. The Hall–Kier alpha value is -1.79. The van der Waals surface area contributed by atoms with Gasteiger partial charge in [-0.1, -0.05) is 12.1 Å². The van der Waals surface area contributed by atoms with Gasteiger partial charge in [-0.15, -0.1) is 0 Å². The van der Waals surface area contributed by atoms with Crippen LogP contribution in [0.15, 0.2) is 29.2 Å². The number of imide groups is 1. The summed E-state index contributed by atoms with van der Waals surface area (Å²) in [7, 11) is 5.40. The van der Waals surface area contributed by atoms with Gasteiger partial charge in [-0.3, -0.25) is 9.59 Å². The highest BCUT2D eigenvalue weighted by molar-refractivity contribution is 8.18. The van der Waals surface area contributed by atoms with E-state index in [2.05, 4.69) is 0 Å². The summed E-state index contributed by atoms with van der Waals surface area (Å²) in [6, 6.07) is 7.34. The number of nitrogens with zero attached hydrogens (tertiary/aromatic N) is 1. The van der Waals surface area contributed by atoms with Gasteiger partial charge < -0.3 is 9.64 Å². The lowest BCUT2D eigenvalue weighted by molar-refractivity contribution is -0.866. The zero-order valence-corrected chi connectivity index (χ0v) is 12.5. The van der Waals surface area contributed by atoms with Crippen molar-refractivity contribution in [2.24, 2.45) is 0 Å². The highest BCUT2D eigenvalue weighted by Crippen LogP contribution is 2.31. The Morgan fingerprint density at radius 2 is 1.90 bits per heavy atom. The first kappa shape index (κ1) is 14.6. The molecule has 1 aliphatic rings. The lowest BCUT2D eigenvalue weighted by atomic mass is 10.2. The van der Waals surface area contributed by atoms with Gasteiger partial charge in [-0.25, -0.2) is 4.90 Å². The maximum Gasteiger partial charge on any atom is 0.298 e. The third-order valence-electron chi connectivity index (χ3n) is 2.76. The predicted octanol–water partition coefficient (Wildman–Crippen LogP) is 0.833. The van der Waals surface area contributed by atoms with E-state index < -0.39 is 0 Å². The second-order valence-corrected chi connectivity index (χ2v) is 5.74. The van der Waals surface area contributed by atoms with Gasteiger partial charge in [-0.05, 0) is 35.5 Å². The summed E-state index contributed by atoms with van der Waals surface area (Å²) >= 11 is 0.983. The van der Waals surface area contributed by atoms with Crippen LogP contribution in [0.5, 0.6) is 5.75 Å². The molecule has 1 saturated heterocycles. The van der Waals surface area contributed by atoms with Gasteiger partial charge in [0, 0.05) is 0 Å². The molecule has 0 saturated carbocycles. The lowest BCUT2D eigenvalue weighted by Gasteiger charge is -2.14. The van der Waals surface area contributed by atoms with Gasteiger partial charge in [0.05, 0.1) is 26.1 Å². The Bertz CT molecular complexity index is 552.